The van der Waals surface area contributed by atoms with E-state index in [4.69, 9.17) is 33.0 Å². The van der Waals surface area contributed by atoms with Crippen molar-refractivity contribution in [2.24, 2.45) is 0 Å². The fourth-order valence-electron chi connectivity index (χ4n) is 3.13. The highest BCUT2D eigenvalue weighted by Crippen LogP contribution is 2.34. The van der Waals surface area contributed by atoms with Crippen molar-refractivity contribution >= 4 is 35.1 Å². The lowest BCUT2D eigenvalue weighted by Gasteiger charge is -2.17. The van der Waals surface area contributed by atoms with Crippen LogP contribution in [0.1, 0.15) is 61.3 Å². The van der Waals surface area contributed by atoms with Crippen LogP contribution in [0.2, 0.25) is 10.0 Å². The van der Waals surface area contributed by atoms with Crippen LogP contribution in [0, 0.1) is 0 Å². The van der Waals surface area contributed by atoms with Crippen LogP contribution in [0.3, 0.4) is 0 Å². The smallest absolute Gasteiger partial charge is 0.314 e. The fourth-order valence-corrected chi connectivity index (χ4v) is 3.77. The summed E-state index contributed by atoms with van der Waals surface area (Å²) < 4.78 is 5.00. The van der Waals surface area contributed by atoms with Gasteiger partial charge in [0.1, 0.15) is 5.75 Å². The summed E-state index contributed by atoms with van der Waals surface area (Å²) in [6, 6.07) is 8.48. The van der Waals surface area contributed by atoms with E-state index in [-0.39, 0.29) is 18.3 Å². The summed E-state index contributed by atoms with van der Waals surface area (Å²) in [7, 11) is 0. The Balaban J connectivity index is 2.39. The van der Waals surface area contributed by atoms with Gasteiger partial charge in [-0.15, -0.1) is 0 Å². The summed E-state index contributed by atoms with van der Waals surface area (Å²) in [5.74, 6) is -2.34. The van der Waals surface area contributed by atoms with Crippen molar-refractivity contribution in [1.82, 2.24) is 0 Å². The van der Waals surface area contributed by atoms with Crippen molar-refractivity contribution in [2.45, 2.75) is 45.4 Å². The van der Waals surface area contributed by atoms with Gasteiger partial charge in [-0.25, -0.2) is 0 Å². The third-order valence-corrected chi connectivity index (χ3v) is 5.28. The number of carbonyl (C=O) groups excluding carboxylic acids is 1. The van der Waals surface area contributed by atoms with E-state index in [0.29, 0.717) is 27.6 Å². The molecule has 0 spiro atoms. The number of rotatable bonds is 8. The summed E-state index contributed by atoms with van der Waals surface area (Å²) in [6.07, 6.45) is 0.0154. The summed E-state index contributed by atoms with van der Waals surface area (Å²) in [4.78, 5) is 23.4. The van der Waals surface area contributed by atoms with E-state index >= 15 is 0 Å². The lowest BCUT2D eigenvalue weighted by atomic mass is 9.92. The first kappa shape index (κ1) is 23.0. The zero-order chi connectivity index (χ0) is 21.7. The SMILES string of the molecule is CCOC(=O)C(CC(=O)O)c1cc(Cl)c(Cc2ccc(O)c(C(C)C)c2)c(Cl)c1. The fraction of sp³-hybridized carbons (Fsp3) is 0.364. The van der Waals surface area contributed by atoms with Crippen molar-refractivity contribution in [1.29, 1.82) is 0 Å². The minimum absolute atomic E-state index is 0.146. The molecule has 1 atom stereocenters. The highest BCUT2D eigenvalue weighted by molar-refractivity contribution is 6.36. The number of hydrogen-bond acceptors (Lipinski definition) is 4. The van der Waals surface area contributed by atoms with Gasteiger partial charge >= 0.3 is 11.9 Å². The number of halogens is 2. The first-order valence-electron chi connectivity index (χ1n) is 9.32. The lowest BCUT2D eigenvalue weighted by Crippen LogP contribution is -2.19. The molecule has 0 bridgehead atoms. The zero-order valence-electron chi connectivity index (χ0n) is 16.5. The Morgan fingerprint density at radius 3 is 2.24 bits per heavy atom. The lowest BCUT2D eigenvalue weighted by molar-refractivity contribution is -0.149. The molecule has 29 heavy (non-hydrogen) atoms. The Kier molecular flexibility index (Phi) is 7.94. The van der Waals surface area contributed by atoms with Crippen molar-refractivity contribution < 1.29 is 24.5 Å². The van der Waals surface area contributed by atoms with Gasteiger partial charge in [0.2, 0.25) is 0 Å². The number of phenolic OH excluding ortho intramolecular Hbond substituents is 1. The number of hydrogen-bond donors (Lipinski definition) is 2. The molecule has 2 aromatic carbocycles. The van der Waals surface area contributed by atoms with Gasteiger partial charge in [-0.2, -0.15) is 0 Å². The summed E-state index contributed by atoms with van der Waals surface area (Å²) in [5.41, 5.74) is 2.82. The van der Waals surface area contributed by atoms with Crippen LogP contribution in [-0.4, -0.2) is 28.8 Å². The number of carboxylic acid groups (broad SMARTS) is 1. The molecule has 0 aliphatic heterocycles. The number of carbonyl (C=O) groups is 2. The van der Waals surface area contributed by atoms with Gasteiger partial charge in [0.05, 0.1) is 18.9 Å². The minimum Gasteiger partial charge on any atom is -0.508 e. The van der Waals surface area contributed by atoms with E-state index in [0.717, 1.165) is 11.1 Å². The minimum atomic E-state index is -1.12. The van der Waals surface area contributed by atoms with Gasteiger partial charge in [-0.05, 0) is 53.3 Å². The van der Waals surface area contributed by atoms with Crippen molar-refractivity contribution in [2.75, 3.05) is 6.61 Å². The molecule has 156 valence electrons. The summed E-state index contributed by atoms with van der Waals surface area (Å²) in [6.45, 7) is 5.78. The predicted molar refractivity (Wildman–Crippen MR) is 113 cm³/mol. The number of ether oxygens (including phenoxy) is 1. The summed E-state index contributed by atoms with van der Waals surface area (Å²) >= 11 is 12.9. The maximum Gasteiger partial charge on any atom is 0.314 e. The number of phenols is 1. The van der Waals surface area contributed by atoms with Gasteiger partial charge in [-0.1, -0.05) is 49.2 Å². The van der Waals surface area contributed by atoms with Gasteiger partial charge < -0.3 is 14.9 Å². The molecule has 2 aromatic rings. The normalized spacial score (nSPS) is 12.1. The standard InChI is InChI=1S/C22H24Cl2O5/c1-4-29-22(28)16(11-21(26)27)14-9-18(23)17(19(24)10-14)8-13-5-6-20(25)15(7-13)12(2)3/h5-7,9-10,12,16,25H,4,8,11H2,1-3H3,(H,26,27). The molecule has 5 nitrogen and oxygen atoms in total. The Bertz CT molecular complexity index is 885. The Hall–Kier alpha value is -2.24. The first-order chi connectivity index (χ1) is 13.6. The Morgan fingerprint density at radius 1 is 1.10 bits per heavy atom. The number of aromatic hydroxyl groups is 1. The second-order valence-electron chi connectivity index (χ2n) is 7.09. The van der Waals surface area contributed by atoms with Gasteiger partial charge in [0.15, 0.2) is 0 Å². The maximum atomic E-state index is 12.2. The van der Waals surface area contributed by atoms with Gasteiger partial charge in [0.25, 0.3) is 0 Å². The topological polar surface area (TPSA) is 83.8 Å². The van der Waals surface area contributed by atoms with E-state index < -0.39 is 24.3 Å². The molecule has 0 amide bonds. The van der Waals surface area contributed by atoms with Crippen molar-refractivity contribution in [3.63, 3.8) is 0 Å². The van der Waals surface area contributed by atoms with Crippen LogP contribution in [0.4, 0.5) is 0 Å². The largest absolute Gasteiger partial charge is 0.508 e. The van der Waals surface area contributed by atoms with E-state index in [1.54, 1.807) is 31.2 Å². The molecule has 0 aliphatic carbocycles. The van der Waals surface area contributed by atoms with Crippen LogP contribution >= 0.6 is 23.2 Å². The molecule has 7 heteroatoms. The van der Waals surface area contributed by atoms with Crippen molar-refractivity contribution in [3.8, 4) is 5.75 Å². The third-order valence-electron chi connectivity index (χ3n) is 4.61. The molecule has 0 aliphatic rings. The van der Waals surface area contributed by atoms with E-state index in [9.17, 15) is 14.7 Å². The molecular weight excluding hydrogens is 415 g/mol. The van der Waals surface area contributed by atoms with Crippen LogP contribution in [0.15, 0.2) is 30.3 Å². The molecule has 0 heterocycles. The molecule has 1 unspecified atom stereocenters. The average Bonchev–Trinajstić information content (AvgIpc) is 2.63. The molecule has 0 saturated carbocycles. The number of carboxylic acids is 1. The van der Waals surface area contributed by atoms with Crippen LogP contribution in [-0.2, 0) is 20.7 Å². The number of esters is 1. The summed E-state index contributed by atoms with van der Waals surface area (Å²) in [5, 5.41) is 19.8. The number of benzene rings is 2. The van der Waals surface area contributed by atoms with Crippen LogP contribution in [0.25, 0.3) is 0 Å². The van der Waals surface area contributed by atoms with Crippen molar-refractivity contribution in [3.05, 3.63) is 62.6 Å². The highest BCUT2D eigenvalue weighted by atomic mass is 35.5. The van der Waals surface area contributed by atoms with E-state index in [2.05, 4.69) is 0 Å². The molecule has 0 saturated heterocycles. The number of aliphatic carboxylic acids is 1. The highest BCUT2D eigenvalue weighted by Gasteiger charge is 2.26. The Labute approximate surface area is 180 Å². The molecule has 2 N–H and O–H groups in total. The van der Waals surface area contributed by atoms with Crippen LogP contribution < -0.4 is 0 Å². The first-order valence-corrected chi connectivity index (χ1v) is 10.1. The van der Waals surface area contributed by atoms with E-state index in [1.165, 1.54) is 0 Å². The average molecular weight is 439 g/mol. The maximum absolute atomic E-state index is 12.2. The monoisotopic (exact) mass is 438 g/mol. The molecule has 0 aromatic heterocycles. The van der Waals surface area contributed by atoms with E-state index in [1.807, 2.05) is 19.9 Å². The van der Waals surface area contributed by atoms with Crippen LogP contribution in [0.5, 0.6) is 5.75 Å². The predicted octanol–water partition coefficient (Wildman–Crippen LogP) is 5.53. The third kappa shape index (κ3) is 5.87. The molecule has 0 fully saturated rings. The Morgan fingerprint density at radius 2 is 1.72 bits per heavy atom. The second kappa shape index (κ2) is 9.99. The quantitative estimate of drug-likeness (QED) is 0.528. The van der Waals surface area contributed by atoms with Gasteiger partial charge in [0, 0.05) is 16.5 Å². The van der Waals surface area contributed by atoms with Gasteiger partial charge in [-0.3, -0.25) is 9.59 Å². The zero-order valence-corrected chi connectivity index (χ0v) is 18.0. The second-order valence-corrected chi connectivity index (χ2v) is 7.90. The molecule has 2 rings (SSSR count). The molecular formula is C22H24Cl2O5. The molecule has 0 radical (unpaired) electrons.